The standard InChI is InChI=1S/C39H42F2N6O4Si/c1-25(2)50-34-9-8-28(16-29(34)19-42)31-22-47(24-48-13-14-52(3,4)5)38-36(31)35(10-12-44-38)51-37-32(40)17-30(18-33(37)41)46-39-45-21-27(23-49-39)15-26-7-6-11-43-20-26/h6-12,16-18,20,22,25,27H,13-15,21,23-24H2,1-5H3,(H,45,46)/t27-/m1/s1. The van der Waals surface area contributed by atoms with Crippen molar-refractivity contribution in [3.63, 3.8) is 0 Å². The second kappa shape index (κ2) is 15.9. The molecule has 1 N–H and O–H groups in total. The zero-order valence-corrected chi connectivity index (χ0v) is 31.0. The second-order valence-corrected chi connectivity index (χ2v) is 19.9. The molecule has 10 nitrogen and oxygen atoms in total. The number of nitrogens with one attached hydrogen (secondary N) is 1. The summed E-state index contributed by atoms with van der Waals surface area (Å²) >= 11 is 0. The molecule has 13 heteroatoms. The number of aromatic nitrogens is 3. The molecule has 0 bridgehead atoms. The van der Waals surface area contributed by atoms with Crippen molar-refractivity contribution < 1.29 is 27.7 Å². The van der Waals surface area contributed by atoms with Gasteiger partial charge in [-0.05, 0) is 61.7 Å². The predicted octanol–water partition coefficient (Wildman–Crippen LogP) is 8.80. The molecular weight excluding hydrogens is 683 g/mol. The van der Waals surface area contributed by atoms with E-state index in [1.807, 2.05) is 49.0 Å². The van der Waals surface area contributed by atoms with E-state index < -0.39 is 25.5 Å². The Balaban J connectivity index is 1.28. The molecule has 0 amide bonds. The van der Waals surface area contributed by atoms with Crippen LogP contribution in [-0.4, -0.2) is 54.5 Å². The van der Waals surface area contributed by atoms with Crippen LogP contribution < -0.4 is 14.8 Å². The third kappa shape index (κ3) is 8.93. The van der Waals surface area contributed by atoms with Gasteiger partial charge in [-0.1, -0.05) is 31.8 Å². The van der Waals surface area contributed by atoms with E-state index in [1.54, 1.807) is 24.4 Å². The van der Waals surface area contributed by atoms with Crippen molar-refractivity contribution in [3.8, 4) is 34.4 Å². The van der Waals surface area contributed by atoms with Crippen molar-refractivity contribution in [1.29, 1.82) is 5.26 Å². The summed E-state index contributed by atoms with van der Waals surface area (Å²) in [5.41, 5.74) is 3.38. The smallest absolute Gasteiger partial charge is 0.289 e. The third-order valence-corrected chi connectivity index (χ3v) is 10.1. The maximum absolute atomic E-state index is 15.7. The molecule has 0 saturated carbocycles. The first-order valence-corrected chi connectivity index (χ1v) is 20.9. The minimum absolute atomic E-state index is 0.123. The minimum Gasteiger partial charge on any atom is -0.490 e. The molecule has 3 aromatic heterocycles. The Labute approximate surface area is 303 Å². The SMILES string of the molecule is CC(C)Oc1ccc(-c2cn(COCC[Si](C)(C)C)c3nccc(Oc4c(F)cc(NC5=NC[C@@H](Cc6cccnc6)CO5)cc4F)c23)cc1C#N. The second-order valence-electron chi connectivity index (χ2n) is 14.2. The number of fused-ring (bicyclic) bond motifs is 1. The van der Waals surface area contributed by atoms with Gasteiger partial charge in [0.25, 0.3) is 6.02 Å². The highest BCUT2D eigenvalue weighted by Crippen LogP contribution is 2.41. The van der Waals surface area contributed by atoms with Gasteiger partial charge in [0.15, 0.2) is 17.4 Å². The predicted molar refractivity (Wildman–Crippen MR) is 199 cm³/mol. The monoisotopic (exact) mass is 724 g/mol. The summed E-state index contributed by atoms with van der Waals surface area (Å²) in [5, 5.41) is 13.3. The lowest BCUT2D eigenvalue weighted by Crippen LogP contribution is -2.29. The first-order chi connectivity index (χ1) is 25.0. The molecule has 52 heavy (non-hydrogen) atoms. The molecule has 0 saturated heterocycles. The molecule has 0 aliphatic carbocycles. The van der Waals surface area contributed by atoms with E-state index >= 15 is 8.78 Å². The number of anilines is 1. The van der Waals surface area contributed by atoms with Crippen molar-refractivity contribution >= 4 is 30.8 Å². The highest BCUT2D eigenvalue weighted by Gasteiger charge is 2.23. The van der Waals surface area contributed by atoms with Crippen LogP contribution in [0.4, 0.5) is 14.5 Å². The number of pyridine rings is 2. The molecule has 6 rings (SSSR count). The van der Waals surface area contributed by atoms with E-state index in [1.165, 1.54) is 6.20 Å². The Bertz CT molecular complexity index is 2090. The fraction of sp³-hybridized carbons (Fsp3) is 0.333. The summed E-state index contributed by atoms with van der Waals surface area (Å²) in [5.74, 6) is -1.62. The molecule has 0 fully saturated rings. The molecule has 0 unspecified atom stereocenters. The number of benzene rings is 2. The number of nitriles is 1. The average molecular weight is 725 g/mol. The number of rotatable bonds is 13. The Kier molecular flexibility index (Phi) is 11.2. The summed E-state index contributed by atoms with van der Waals surface area (Å²) in [4.78, 5) is 13.2. The number of aliphatic imine (C=N–C) groups is 1. The number of amidine groups is 1. The number of halogens is 2. The van der Waals surface area contributed by atoms with E-state index in [0.29, 0.717) is 53.2 Å². The van der Waals surface area contributed by atoms with Crippen LogP contribution in [0.3, 0.4) is 0 Å². The molecule has 0 radical (unpaired) electrons. The lowest BCUT2D eigenvalue weighted by Gasteiger charge is -2.22. The van der Waals surface area contributed by atoms with Crippen LogP contribution >= 0.6 is 0 Å². The average Bonchev–Trinajstić information content (AvgIpc) is 3.48. The van der Waals surface area contributed by atoms with Gasteiger partial charge in [-0.3, -0.25) is 4.98 Å². The Hall–Kier alpha value is -5.32. The lowest BCUT2D eigenvalue weighted by molar-refractivity contribution is 0.0899. The quantitative estimate of drug-likeness (QED) is 0.0947. The highest BCUT2D eigenvalue weighted by atomic mass is 28.3. The molecule has 2 aromatic carbocycles. The molecule has 0 spiro atoms. The third-order valence-electron chi connectivity index (χ3n) is 8.38. The van der Waals surface area contributed by atoms with Crippen LogP contribution in [0.25, 0.3) is 22.2 Å². The number of nitrogens with zero attached hydrogens (tertiary/aromatic N) is 5. The Morgan fingerprint density at radius 1 is 1.08 bits per heavy atom. The van der Waals surface area contributed by atoms with E-state index in [0.717, 1.165) is 30.2 Å². The first kappa shape index (κ1) is 36.5. The number of hydrogen-bond acceptors (Lipinski definition) is 9. The van der Waals surface area contributed by atoms with Gasteiger partial charge in [0.2, 0.25) is 0 Å². The van der Waals surface area contributed by atoms with Crippen molar-refractivity contribution in [2.45, 2.75) is 58.8 Å². The van der Waals surface area contributed by atoms with Crippen molar-refractivity contribution in [2.75, 3.05) is 25.1 Å². The van der Waals surface area contributed by atoms with E-state index in [2.05, 4.69) is 46.0 Å². The van der Waals surface area contributed by atoms with Gasteiger partial charge in [0.05, 0.1) is 30.2 Å². The van der Waals surface area contributed by atoms with Gasteiger partial charge in [0, 0.05) is 68.8 Å². The molecule has 1 atom stereocenters. The topological polar surface area (TPSA) is 116 Å². The molecule has 1 aliphatic heterocycles. The number of hydrogen-bond donors (Lipinski definition) is 1. The summed E-state index contributed by atoms with van der Waals surface area (Å²) in [6.45, 7) is 12.3. The zero-order chi connectivity index (χ0) is 36.8. The first-order valence-electron chi connectivity index (χ1n) is 17.2. The van der Waals surface area contributed by atoms with Gasteiger partial charge in [-0.2, -0.15) is 5.26 Å². The van der Waals surface area contributed by atoms with Crippen molar-refractivity contribution in [3.05, 3.63) is 96.1 Å². The van der Waals surface area contributed by atoms with Crippen LogP contribution in [0.2, 0.25) is 25.7 Å². The van der Waals surface area contributed by atoms with Crippen molar-refractivity contribution in [2.24, 2.45) is 10.9 Å². The highest BCUT2D eigenvalue weighted by molar-refractivity contribution is 6.76. The van der Waals surface area contributed by atoms with Crippen LogP contribution in [0.1, 0.15) is 25.0 Å². The van der Waals surface area contributed by atoms with Crippen LogP contribution in [0, 0.1) is 28.9 Å². The van der Waals surface area contributed by atoms with Gasteiger partial charge in [-0.15, -0.1) is 0 Å². The van der Waals surface area contributed by atoms with E-state index in [4.69, 9.17) is 18.9 Å². The molecule has 5 aromatic rings. The summed E-state index contributed by atoms with van der Waals surface area (Å²) in [6.07, 6.45) is 7.55. The summed E-state index contributed by atoms with van der Waals surface area (Å²) in [6, 6.07) is 16.4. The van der Waals surface area contributed by atoms with Gasteiger partial charge >= 0.3 is 0 Å². The molecular formula is C39H42F2N6O4Si. The lowest BCUT2D eigenvalue weighted by atomic mass is 10.0. The maximum atomic E-state index is 15.7. The van der Waals surface area contributed by atoms with Gasteiger partial charge in [0.1, 0.15) is 29.9 Å². The van der Waals surface area contributed by atoms with E-state index in [-0.39, 0.29) is 36.2 Å². The molecule has 270 valence electrons. The van der Waals surface area contributed by atoms with Gasteiger partial charge in [-0.25, -0.2) is 18.8 Å². The maximum Gasteiger partial charge on any atom is 0.289 e. The van der Waals surface area contributed by atoms with Crippen molar-refractivity contribution in [1.82, 2.24) is 14.5 Å². The Morgan fingerprint density at radius 2 is 1.88 bits per heavy atom. The zero-order valence-electron chi connectivity index (χ0n) is 30.0. The summed E-state index contributed by atoms with van der Waals surface area (Å²) < 4.78 is 56.8. The van der Waals surface area contributed by atoms with Crippen LogP contribution in [0.15, 0.2) is 78.3 Å². The normalized spacial score (nSPS) is 14.5. The largest absolute Gasteiger partial charge is 0.490 e. The van der Waals surface area contributed by atoms with E-state index in [9.17, 15) is 5.26 Å². The minimum atomic E-state index is -1.32. The van der Waals surface area contributed by atoms with Crippen LogP contribution in [-0.2, 0) is 22.6 Å². The molecule has 1 aliphatic rings. The van der Waals surface area contributed by atoms with Gasteiger partial charge < -0.3 is 28.8 Å². The number of ether oxygens (including phenoxy) is 4. The summed E-state index contributed by atoms with van der Waals surface area (Å²) in [7, 11) is -1.32. The molecule has 4 heterocycles. The fourth-order valence-corrected chi connectivity index (χ4v) is 6.55. The Morgan fingerprint density at radius 3 is 2.56 bits per heavy atom. The van der Waals surface area contributed by atoms with Crippen LogP contribution in [0.5, 0.6) is 17.2 Å². The fourth-order valence-electron chi connectivity index (χ4n) is 5.79.